The standard InChI is InChI=1S/C22H25NO4/c1-3-8-14(2)20(21(24)25)23-22(26)27-13-19-17-11-6-4-9-15(17)16-10-5-7-12-18(16)19/h4-7,9-12,14,19-20H,3,8,13H2,1-2H3,(H,23,26)(H,24,25). The topological polar surface area (TPSA) is 75.6 Å². The van der Waals surface area contributed by atoms with E-state index in [0.29, 0.717) is 0 Å². The van der Waals surface area contributed by atoms with Crippen molar-refractivity contribution >= 4 is 12.1 Å². The Kier molecular flexibility index (Phi) is 5.79. The van der Waals surface area contributed by atoms with Crippen molar-refractivity contribution in [3.05, 3.63) is 59.7 Å². The van der Waals surface area contributed by atoms with Gasteiger partial charge < -0.3 is 15.2 Å². The van der Waals surface area contributed by atoms with Gasteiger partial charge in [0, 0.05) is 5.92 Å². The van der Waals surface area contributed by atoms with E-state index < -0.39 is 18.1 Å². The second-order valence-electron chi connectivity index (χ2n) is 7.05. The normalized spacial score (nSPS) is 14.7. The van der Waals surface area contributed by atoms with Gasteiger partial charge in [0.25, 0.3) is 0 Å². The lowest BCUT2D eigenvalue weighted by Gasteiger charge is -2.21. The number of carboxylic acids is 1. The molecule has 2 unspecified atom stereocenters. The Morgan fingerprint density at radius 3 is 2.15 bits per heavy atom. The summed E-state index contributed by atoms with van der Waals surface area (Å²) in [6.45, 7) is 3.99. The lowest BCUT2D eigenvalue weighted by atomic mass is 9.97. The van der Waals surface area contributed by atoms with Crippen molar-refractivity contribution in [3.63, 3.8) is 0 Å². The summed E-state index contributed by atoms with van der Waals surface area (Å²) in [4.78, 5) is 23.7. The van der Waals surface area contributed by atoms with Gasteiger partial charge in [-0.15, -0.1) is 0 Å². The summed E-state index contributed by atoms with van der Waals surface area (Å²) in [5, 5.41) is 11.9. The van der Waals surface area contributed by atoms with Gasteiger partial charge in [-0.05, 0) is 34.6 Å². The smallest absolute Gasteiger partial charge is 0.407 e. The molecule has 0 aromatic heterocycles. The fourth-order valence-electron chi connectivity index (χ4n) is 3.84. The molecular formula is C22H25NO4. The van der Waals surface area contributed by atoms with Gasteiger partial charge in [0.15, 0.2) is 0 Å². The fraction of sp³-hybridized carbons (Fsp3) is 0.364. The number of carbonyl (C=O) groups excluding carboxylic acids is 1. The largest absolute Gasteiger partial charge is 0.480 e. The molecule has 1 aliphatic carbocycles. The number of carbonyl (C=O) groups is 2. The van der Waals surface area contributed by atoms with Crippen LogP contribution >= 0.6 is 0 Å². The summed E-state index contributed by atoms with van der Waals surface area (Å²) in [7, 11) is 0. The monoisotopic (exact) mass is 367 g/mol. The van der Waals surface area contributed by atoms with Crippen molar-refractivity contribution < 1.29 is 19.4 Å². The highest BCUT2D eigenvalue weighted by Crippen LogP contribution is 2.44. The molecule has 2 aromatic rings. The van der Waals surface area contributed by atoms with Gasteiger partial charge in [0.1, 0.15) is 12.6 Å². The Hall–Kier alpha value is -2.82. The van der Waals surface area contributed by atoms with Crippen molar-refractivity contribution in [2.45, 2.75) is 38.6 Å². The van der Waals surface area contributed by atoms with Crippen molar-refractivity contribution in [1.29, 1.82) is 0 Å². The van der Waals surface area contributed by atoms with Crippen LogP contribution in [0.25, 0.3) is 11.1 Å². The van der Waals surface area contributed by atoms with Crippen LogP contribution in [0.3, 0.4) is 0 Å². The first-order chi connectivity index (χ1) is 13.0. The minimum Gasteiger partial charge on any atom is -0.480 e. The molecule has 0 bridgehead atoms. The first-order valence-electron chi connectivity index (χ1n) is 9.37. The summed E-state index contributed by atoms with van der Waals surface area (Å²) in [5.41, 5.74) is 4.56. The summed E-state index contributed by atoms with van der Waals surface area (Å²) in [6.07, 6.45) is 0.894. The van der Waals surface area contributed by atoms with E-state index in [1.165, 1.54) is 0 Å². The maximum Gasteiger partial charge on any atom is 0.407 e. The average molecular weight is 367 g/mol. The highest BCUT2D eigenvalue weighted by atomic mass is 16.5. The van der Waals surface area contributed by atoms with Crippen molar-refractivity contribution in [1.82, 2.24) is 5.32 Å². The molecule has 0 aliphatic heterocycles. The zero-order valence-electron chi connectivity index (χ0n) is 15.6. The molecule has 5 nitrogen and oxygen atoms in total. The number of ether oxygens (including phenoxy) is 1. The van der Waals surface area contributed by atoms with E-state index in [9.17, 15) is 14.7 Å². The molecule has 2 aromatic carbocycles. The fourth-order valence-corrected chi connectivity index (χ4v) is 3.84. The van der Waals surface area contributed by atoms with Gasteiger partial charge in [0.2, 0.25) is 0 Å². The Bertz CT molecular complexity index is 787. The molecule has 142 valence electrons. The van der Waals surface area contributed by atoms with Gasteiger partial charge in [-0.1, -0.05) is 68.8 Å². The van der Waals surface area contributed by atoms with Gasteiger partial charge in [-0.25, -0.2) is 9.59 Å². The minimum atomic E-state index is -1.04. The number of carboxylic acid groups (broad SMARTS) is 1. The van der Waals surface area contributed by atoms with Crippen LogP contribution in [0.1, 0.15) is 43.7 Å². The van der Waals surface area contributed by atoms with Crippen molar-refractivity contribution in [3.8, 4) is 11.1 Å². The van der Waals surface area contributed by atoms with Crippen LogP contribution in [-0.4, -0.2) is 29.8 Å². The van der Waals surface area contributed by atoms with Crippen LogP contribution in [-0.2, 0) is 9.53 Å². The molecule has 27 heavy (non-hydrogen) atoms. The maximum atomic E-state index is 12.3. The average Bonchev–Trinajstić information content (AvgIpc) is 2.98. The first-order valence-corrected chi connectivity index (χ1v) is 9.37. The van der Waals surface area contributed by atoms with E-state index in [1.807, 2.05) is 50.2 Å². The quantitative estimate of drug-likeness (QED) is 0.760. The van der Waals surface area contributed by atoms with Crippen LogP contribution in [0.5, 0.6) is 0 Å². The Balaban J connectivity index is 1.69. The third-order valence-corrected chi connectivity index (χ3v) is 5.20. The predicted octanol–water partition coefficient (Wildman–Crippen LogP) is 4.41. The van der Waals surface area contributed by atoms with E-state index in [2.05, 4.69) is 17.4 Å². The van der Waals surface area contributed by atoms with E-state index >= 15 is 0 Å². The number of rotatable bonds is 7. The second-order valence-corrected chi connectivity index (χ2v) is 7.05. The van der Waals surface area contributed by atoms with Crippen molar-refractivity contribution in [2.24, 2.45) is 5.92 Å². The van der Waals surface area contributed by atoms with Crippen LogP contribution in [0, 0.1) is 5.92 Å². The second kappa shape index (κ2) is 8.25. The first kappa shape index (κ1) is 19.0. The number of alkyl carbamates (subject to hydrolysis) is 1. The Morgan fingerprint density at radius 2 is 1.63 bits per heavy atom. The van der Waals surface area contributed by atoms with Crippen LogP contribution in [0.2, 0.25) is 0 Å². The number of benzene rings is 2. The number of fused-ring (bicyclic) bond motifs is 3. The molecule has 0 heterocycles. The van der Waals surface area contributed by atoms with Crippen LogP contribution < -0.4 is 5.32 Å². The van der Waals surface area contributed by atoms with E-state index in [1.54, 1.807) is 0 Å². The van der Waals surface area contributed by atoms with Crippen LogP contribution in [0.4, 0.5) is 4.79 Å². The molecular weight excluding hydrogens is 342 g/mol. The highest BCUT2D eigenvalue weighted by Gasteiger charge is 2.30. The highest BCUT2D eigenvalue weighted by molar-refractivity contribution is 5.81. The summed E-state index contributed by atoms with van der Waals surface area (Å²) < 4.78 is 5.44. The van der Waals surface area contributed by atoms with E-state index in [-0.39, 0.29) is 18.4 Å². The molecule has 0 saturated carbocycles. The molecule has 2 atom stereocenters. The van der Waals surface area contributed by atoms with E-state index in [4.69, 9.17) is 4.74 Å². The zero-order valence-corrected chi connectivity index (χ0v) is 15.6. The van der Waals surface area contributed by atoms with Crippen LogP contribution in [0.15, 0.2) is 48.5 Å². The van der Waals surface area contributed by atoms with Gasteiger partial charge in [-0.3, -0.25) is 0 Å². The molecule has 2 N–H and O–H groups in total. The van der Waals surface area contributed by atoms with Gasteiger partial charge in [-0.2, -0.15) is 0 Å². The molecule has 0 fully saturated rings. The molecule has 5 heteroatoms. The molecule has 0 spiro atoms. The lowest BCUT2D eigenvalue weighted by Crippen LogP contribution is -2.45. The number of hydrogen-bond donors (Lipinski definition) is 2. The number of hydrogen-bond acceptors (Lipinski definition) is 3. The molecule has 1 aliphatic rings. The SMILES string of the molecule is CCCC(C)C(NC(=O)OCC1c2ccccc2-c2ccccc21)C(=O)O. The molecule has 3 rings (SSSR count). The minimum absolute atomic E-state index is 0.0421. The number of nitrogens with one attached hydrogen (secondary N) is 1. The summed E-state index contributed by atoms with van der Waals surface area (Å²) in [5.74, 6) is -1.24. The number of aliphatic carboxylic acids is 1. The molecule has 0 radical (unpaired) electrons. The summed E-state index contributed by atoms with van der Waals surface area (Å²) in [6, 6.07) is 15.2. The maximum absolute atomic E-state index is 12.3. The zero-order chi connectivity index (χ0) is 19.4. The van der Waals surface area contributed by atoms with Gasteiger partial charge >= 0.3 is 12.1 Å². The molecule has 1 amide bonds. The summed E-state index contributed by atoms with van der Waals surface area (Å²) >= 11 is 0. The predicted molar refractivity (Wildman–Crippen MR) is 104 cm³/mol. The Morgan fingerprint density at radius 1 is 1.07 bits per heavy atom. The molecule has 0 saturated heterocycles. The lowest BCUT2D eigenvalue weighted by molar-refractivity contribution is -0.140. The number of amides is 1. The Labute approximate surface area is 159 Å². The van der Waals surface area contributed by atoms with Crippen molar-refractivity contribution in [2.75, 3.05) is 6.61 Å². The third-order valence-electron chi connectivity index (χ3n) is 5.20. The van der Waals surface area contributed by atoms with Gasteiger partial charge in [0.05, 0.1) is 0 Å². The third kappa shape index (κ3) is 3.97. The van der Waals surface area contributed by atoms with E-state index in [0.717, 1.165) is 35.1 Å².